The molecule has 17 heavy (non-hydrogen) atoms. The molecule has 0 aromatic carbocycles. The summed E-state index contributed by atoms with van der Waals surface area (Å²) in [5.41, 5.74) is 5.04. The van der Waals surface area contributed by atoms with E-state index in [-0.39, 0.29) is 19.1 Å². The summed E-state index contributed by atoms with van der Waals surface area (Å²) in [6.07, 6.45) is 0. The van der Waals surface area contributed by atoms with Gasteiger partial charge in [0.2, 0.25) is 5.91 Å². The van der Waals surface area contributed by atoms with Crippen molar-refractivity contribution in [3.63, 3.8) is 0 Å². The number of carbonyl (C=O) groups is 3. The largest absolute Gasteiger partial charge is 0.480 e. The number of rotatable bonds is 6. The zero-order valence-electron chi connectivity index (χ0n) is 10.3. The van der Waals surface area contributed by atoms with Crippen LogP contribution in [0.3, 0.4) is 0 Å². The summed E-state index contributed by atoms with van der Waals surface area (Å²) in [6, 6.07) is -0.721. The number of carboxylic acids is 1. The minimum absolute atomic E-state index is 0.216. The maximum atomic E-state index is 12.0. The molecule has 0 aliphatic heterocycles. The zero-order chi connectivity index (χ0) is 13.6. The summed E-state index contributed by atoms with van der Waals surface area (Å²) in [6.45, 7) is 4.78. The van der Waals surface area contributed by atoms with Gasteiger partial charge in [-0.25, -0.2) is 4.79 Å². The molecule has 0 radical (unpaired) electrons. The number of nitrogens with two attached hydrogens (primary N) is 1. The van der Waals surface area contributed by atoms with Gasteiger partial charge < -0.3 is 20.6 Å². The first kappa shape index (κ1) is 15.2. The number of likely N-dealkylation sites (N-methyl/N-ethyl adjacent to an activating group) is 1. The molecule has 0 spiro atoms. The number of hydrogen-bond donors (Lipinski definition) is 2. The number of primary amides is 1. The van der Waals surface area contributed by atoms with Crippen LogP contribution in [-0.4, -0.2) is 58.5 Å². The Bertz CT molecular complexity index is 304. The minimum Gasteiger partial charge on any atom is -0.480 e. The molecule has 98 valence electrons. The van der Waals surface area contributed by atoms with Crippen molar-refractivity contribution in [1.29, 1.82) is 0 Å². The number of carbonyl (C=O) groups excluding carboxylic acids is 2. The van der Waals surface area contributed by atoms with Crippen LogP contribution in [0.15, 0.2) is 0 Å². The Labute approximate surface area is 100 Å². The van der Waals surface area contributed by atoms with Gasteiger partial charge in [-0.05, 0) is 20.8 Å². The molecule has 0 atom stereocenters. The summed E-state index contributed by atoms with van der Waals surface area (Å²) >= 11 is 0. The second kappa shape index (κ2) is 6.72. The fourth-order valence-electron chi connectivity index (χ4n) is 1.30. The molecular weight excluding hydrogens is 226 g/mol. The van der Waals surface area contributed by atoms with E-state index in [1.807, 2.05) is 0 Å². The maximum absolute atomic E-state index is 12.0. The van der Waals surface area contributed by atoms with E-state index in [4.69, 9.17) is 10.8 Å². The molecule has 0 saturated carbocycles. The van der Waals surface area contributed by atoms with Crippen molar-refractivity contribution in [1.82, 2.24) is 9.80 Å². The lowest BCUT2D eigenvalue weighted by Crippen LogP contribution is -2.50. The summed E-state index contributed by atoms with van der Waals surface area (Å²) in [5.74, 6) is -1.72. The number of carboxylic acid groups (broad SMARTS) is 1. The topological polar surface area (TPSA) is 104 Å². The van der Waals surface area contributed by atoms with Crippen molar-refractivity contribution >= 4 is 17.9 Å². The van der Waals surface area contributed by atoms with Gasteiger partial charge in [0.1, 0.15) is 13.1 Å². The third-order valence-corrected chi connectivity index (χ3v) is 2.17. The van der Waals surface area contributed by atoms with Crippen molar-refractivity contribution in [2.24, 2.45) is 5.73 Å². The van der Waals surface area contributed by atoms with E-state index >= 15 is 0 Å². The Morgan fingerprint density at radius 2 is 1.76 bits per heavy atom. The molecule has 0 aromatic heterocycles. The number of nitrogens with zero attached hydrogens (tertiary/aromatic N) is 2. The highest BCUT2D eigenvalue weighted by Crippen LogP contribution is 2.04. The molecule has 0 aromatic rings. The molecule has 7 heteroatoms. The Kier molecular flexibility index (Phi) is 6.01. The predicted molar refractivity (Wildman–Crippen MR) is 61.3 cm³/mol. The zero-order valence-corrected chi connectivity index (χ0v) is 10.3. The van der Waals surface area contributed by atoms with E-state index in [9.17, 15) is 14.4 Å². The van der Waals surface area contributed by atoms with Gasteiger partial charge in [-0.3, -0.25) is 9.59 Å². The van der Waals surface area contributed by atoms with E-state index < -0.39 is 24.5 Å². The van der Waals surface area contributed by atoms with Gasteiger partial charge >= 0.3 is 12.0 Å². The van der Waals surface area contributed by atoms with Crippen molar-refractivity contribution < 1.29 is 19.5 Å². The van der Waals surface area contributed by atoms with Crippen LogP contribution in [0.4, 0.5) is 4.79 Å². The SMILES string of the molecule is CCN(CC(=O)O)C(=O)N(CC(N)=O)C(C)C. The molecule has 3 amide bonds. The Morgan fingerprint density at radius 1 is 1.24 bits per heavy atom. The predicted octanol–water partition coefficient (Wildman–Crippen LogP) is -0.291. The van der Waals surface area contributed by atoms with Crippen LogP contribution in [0.2, 0.25) is 0 Å². The van der Waals surface area contributed by atoms with Crippen LogP contribution in [0, 0.1) is 0 Å². The number of aliphatic carboxylic acids is 1. The lowest BCUT2D eigenvalue weighted by atomic mass is 10.3. The molecule has 0 rings (SSSR count). The number of amides is 3. The van der Waals surface area contributed by atoms with Crippen LogP contribution >= 0.6 is 0 Å². The van der Waals surface area contributed by atoms with E-state index in [2.05, 4.69) is 0 Å². The van der Waals surface area contributed by atoms with Gasteiger partial charge in [-0.15, -0.1) is 0 Å². The number of urea groups is 1. The third-order valence-electron chi connectivity index (χ3n) is 2.17. The molecule has 0 bridgehead atoms. The average molecular weight is 245 g/mol. The van der Waals surface area contributed by atoms with Crippen LogP contribution in [0.1, 0.15) is 20.8 Å². The van der Waals surface area contributed by atoms with Crippen LogP contribution in [0.25, 0.3) is 0 Å². The lowest BCUT2D eigenvalue weighted by Gasteiger charge is -2.31. The minimum atomic E-state index is -1.09. The molecule has 0 heterocycles. The summed E-state index contributed by atoms with van der Waals surface area (Å²) in [7, 11) is 0. The highest BCUT2D eigenvalue weighted by atomic mass is 16.4. The second-order valence-corrected chi connectivity index (χ2v) is 3.88. The average Bonchev–Trinajstić information content (AvgIpc) is 2.20. The lowest BCUT2D eigenvalue weighted by molar-refractivity contribution is -0.137. The Morgan fingerprint density at radius 3 is 2.06 bits per heavy atom. The first-order valence-corrected chi connectivity index (χ1v) is 5.35. The highest BCUT2D eigenvalue weighted by molar-refractivity contribution is 5.85. The fraction of sp³-hybridized carbons (Fsp3) is 0.700. The van der Waals surface area contributed by atoms with Crippen molar-refractivity contribution in [2.45, 2.75) is 26.8 Å². The molecule has 0 fully saturated rings. The molecule has 0 saturated heterocycles. The fourth-order valence-corrected chi connectivity index (χ4v) is 1.30. The Hall–Kier alpha value is -1.79. The van der Waals surface area contributed by atoms with Gasteiger partial charge in [0.15, 0.2) is 0 Å². The molecule has 0 aliphatic rings. The standard InChI is InChI=1S/C10H19N3O4/c1-4-12(6-9(15)16)10(17)13(7(2)3)5-8(11)14/h7H,4-6H2,1-3H3,(H2,11,14)(H,15,16). The van der Waals surface area contributed by atoms with Gasteiger partial charge in [-0.1, -0.05) is 0 Å². The first-order chi connectivity index (χ1) is 7.79. The van der Waals surface area contributed by atoms with E-state index in [0.717, 1.165) is 4.90 Å². The summed E-state index contributed by atoms with van der Waals surface area (Å²) in [4.78, 5) is 35.8. The first-order valence-electron chi connectivity index (χ1n) is 5.35. The van der Waals surface area contributed by atoms with Gasteiger partial charge in [0, 0.05) is 12.6 Å². The summed E-state index contributed by atoms with van der Waals surface area (Å²) in [5, 5.41) is 8.66. The molecule has 7 nitrogen and oxygen atoms in total. The van der Waals surface area contributed by atoms with Crippen molar-refractivity contribution in [2.75, 3.05) is 19.6 Å². The van der Waals surface area contributed by atoms with Gasteiger partial charge in [-0.2, -0.15) is 0 Å². The smallest absolute Gasteiger partial charge is 0.323 e. The highest BCUT2D eigenvalue weighted by Gasteiger charge is 2.24. The maximum Gasteiger partial charge on any atom is 0.323 e. The summed E-state index contributed by atoms with van der Waals surface area (Å²) < 4.78 is 0. The van der Waals surface area contributed by atoms with Crippen LogP contribution < -0.4 is 5.73 Å². The normalized spacial score (nSPS) is 10.1. The molecule has 0 aliphatic carbocycles. The monoisotopic (exact) mass is 245 g/mol. The second-order valence-electron chi connectivity index (χ2n) is 3.88. The van der Waals surface area contributed by atoms with Crippen LogP contribution in [-0.2, 0) is 9.59 Å². The molecule has 3 N–H and O–H groups in total. The molecular formula is C10H19N3O4. The van der Waals surface area contributed by atoms with Crippen molar-refractivity contribution in [3.05, 3.63) is 0 Å². The van der Waals surface area contributed by atoms with E-state index in [1.165, 1.54) is 4.90 Å². The van der Waals surface area contributed by atoms with E-state index in [0.29, 0.717) is 0 Å². The molecule has 0 unspecified atom stereocenters. The van der Waals surface area contributed by atoms with Gasteiger partial charge in [0.05, 0.1) is 0 Å². The van der Waals surface area contributed by atoms with Gasteiger partial charge in [0.25, 0.3) is 0 Å². The van der Waals surface area contributed by atoms with Crippen LogP contribution in [0.5, 0.6) is 0 Å². The van der Waals surface area contributed by atoms with E-state index in [1.54, 1.807) is 20.8 Å². The third kappa shape index (κ3) is 5.19. The Balaban J connectivity index is 4.78. The quantitative estimate of drug-likeness (QED) is 0.670. The number of hydrogen-bond acceptors (Lipinski definition) is 3. The van der Waals surface area contributed by atoms with Crippen molar-refractivity contribution in [3.8, 4) is 0 Å².